The minimum Gasteiger partial charge on any atom is -0.495 e. The molecule has 0 saturated heterocycles. The smallest absolute Gasteiger partial charge is 0.249 e. The number of carbonyl (C=O) groups is 1. The van der Waals surface area contributed by atoms with Gasteiger partial charge in [-0.25, -0.2) is 23.6 Å². The molecule has 1 saturated carbocycles. The second-order valence-electron chi connectivity index (χ2n) is 8.51. The summed E-state index contributed by atoms with van der Waals surface area (Å²) in [5.41, 5.74) is 1.73. The third-order valence-corrected chi connectivity index (χ3v) is 7.46. The Morgan fingerprint density at radius 2 is 1.83 bits per heavy atom. The molecule has 1 amide bonds. The minimum atomic E-state index is -3.86. The highest BCUT2D eigenvalue weighted by molar-refractivity contribution is 7.89. The van der Waals surface area contributed by atoms with Gasteiger partial charge in [0, 0.05) is 24.1 Å². The van der Waals surface area contributed by atoms with Gasteiger partial charge < -0.3 is 9.15 Å². The Morgan fingerprint density at radius 1 is 1.17 bits per heavy atom. The molecule has 0 aliphatic heterocycles. The molecule has 9 nitrogen and oxygen atoms in total. The van der Waals surface area contributed by atoms with Crippen molar-refractivity contribution < 1.29 is 27.6 Å². The topological polar surface area (TPSA) is 136 Å². The molecular weight excluding hydrogens is 494 g/mol. The van der Waals surface area contributed by atoms with Crippen molar-refractivity contribution in [3.63, 3.8) is 0 Å². The molecule has 3 aromatic rings. The van der Waals surface area contributed by atoms with E-state index in [-0.39, 0.29) is 16.7 Å². The molecule has 11 heteroatoms. The summed E-state index contributed by atoms with van der Waals surface area (Å²) in [7, 11) is -1.03. The van der Waals surface area contributed by atoms with Crippen LogP contribution in [-0.4, -0.2) is 43.7 Å². The van der Waals surface area contributed by atoms with Crippen molar-refractivity contribution >= 4 is 27.5 Å². The number of benzene rings is 2. The van der Waals surface area contributed by atoms with Gasteiger partial charge in [-0.05, 0) is 55.3 Å². The van der Waals surface area contributed by atoms with Crippen molar-refractivity contribution in [1.82, 2.24) is 10.0 Å². The van der Waals surface area contributed by atoms with Crippen molar-refractivity contribution in [1.29, 1.82) is 0 Å². The molecule has 1 aliphatic carbocycles. The SMILES string of the molecule is COc1ccc(-c2nc(C3CCCCC3C(=O)N(C)O)oc2-c2ccc(S(N)(=O)=O)cc2)cc1Cl. The zero-order valence-electron chi connectivity index (χ0n) is 19.3. The number of nitrogens with zero attached hydrogens (tertiary/aromatic N) is 2. The predicted molar refractivity (Wildman–Crippen MR) is 130 cm³/mol. The average Bonchev–Trinajstić information content (AvgIpc) is 3.28. The van der Waals surface area contributed by atoms with Crippen LogP contribution in [0.3, 0.4) is 0 Å². The zero-order chi connectivity index (χ0) is 25.3. The first-order chi connectivity index (χ1) is 16.6. The molecule has 1 heterocycles. The normalized spacial score (nSPS) is 18.3. The summed E-state index contributed by atoms with van der Waals surface area (Å²) < 4.78 is 34.9. The number of oxazole rings is 1. The van der Waals surface area contributed by atoms with Crippen molar-refractivity contribution in [2.45, 2.75) is 36.5 Å². The molecule has 35 heavy (non-hydrogen) atoms. The second kappa shape index (κ2) is 9.98. The Morgan fingerprint density at radius 3 is 2.43 bits per heavy atom. The monoisotopic (exact) mass is 519 g/mol. The summed E-state index contributed by atoms with van der Waals surface area (Å²) in [5.74, 6) is 0.0925. The number of hydrogen-bond acceptors (Lipinski definition) is 7. The van der Waals surface area contributed by atoms with Gasteiger partial charge in [-0.15, -0.1) is 0 Å². The van der Waals surface area contributed by atoms with Gasteiger partial charge in [-0.3, -0.25) is 10.0 Å². The molecule has 3 N–H and O–H groups in total. The van der Waals surface area contributed by atoms with Crippen LogP contribution in [0.2, 0.25) is 5.02 Å². The molecule has 4 rings (SSSR count). The molecule has 1 fully saturated rings. The summed E-state index contributed by atoms with van der Waals surface area (Å²) in [5, 5.41) is 16.0. The highest BCUT2D eigenvalue weighted by Gasteiger charge is 2.37. The Bertz CT molecular complexity index is 1340. The van der Waals surface area contributed by atoms with Gasteiger partial charge in [0.1, 0.15) is 11.4 Å². The van der Waals surface area contributed by atoms with Gasteiger partial charge in [0.05, 0.1) is 22.9 Å². The number of aromatic nitrogens is 1. The van der Waals surface area contributed by atoms with Crippen LogP contribution in [0.4, 0.5) is 0 Å². The largest absolute Gasteiger partial charge is 0.495 e. The summed E-state index contributed by atoms with van der Waals surface area (Å²) >= 11 is 6.36. The lowest BCUT2D eigenvalue weighted by molar-refractivity contribution is -0.166. The number of methoxy groups -OCH3 is 1. The first-order valence-electron chi connectivity index (χ1n) is 11.0. The molecule has 2 aromatic carbocycles. The van der Waals surface area contributed by atoms with Crippen molar-refractivity contribution in [2.24, 2.45) is 11.1 Å². The average molecular weight is 520 g/mol. The zero-order valence-corrected chi connectivity index (χ0v) is 20.8. The lowest BCUT2D eigenvalue weighted by Crippen LogP contribution is -2.35. The third-order valence-electron chi connectivity index (χ3n) is 6.23. The van der Waals surface area contributed by atoms with Crippen LogP contribution in [0.1, 0.15) is 37.5 Å². The maximum atomic E-state index is 12.7. The number of ether oxygens (including phenoxy) is 1. The second-order valence-corrected chi connectivity index (χ2v) is 10.5. The van der Waals surface area contributed by atoms with Crippen LogP contribution < -0.4 is 9.88 Å². The van der Waals surface area contributed by atoms with E-state index in [1.54, 1.807) is 30.3 Å². The molecule has 0 bridgehead atoms. The maximum absolute atomic E-state index is 12.7. The van der Waals surface area contributed by atoms with Crippen LogP contribution in [-0.2, 0) is 14.8 Å². The molecule has 186 valence electrons. The van der Waals surface area contributed by atoms with Gasteiger partial charge in [0.25, 0.3) is 0 Å². The maximum Gasteiger partial charge on any atom is 0.249 e. The summed E-state index contributed by atoms with van der Waals surface area (Å²) in [4.78, 5) is 17.4. The number of hydrogen-bond donors (Lipinski definition) is 2. The number of nitrogens with two attached hydrogens (primary N) is 1. The highest BCUT2D eigenvalue weighted by atomic mass is 35.5. The Kier molecular flexibility index (Phi) is 7.18. The standard InChI is InChI=1S/C24H26ClN3O6S/c1-28(30)24(29)18-6-4-3-5-17(18)23-27-21(15-9-12-20(33-2)19(25)13-15)22(34-23)14-7-10-16(11-8-14)35(26,31)32/h7-13,17-18,30H,3-6H2,1-2H3,(H2,26,31,32). The van der Waals surface area contributed by atoms with E-state index >= 15 is 0 Å². The van der Waals surface area contributed by atoms with Crippen LogP contribution in [0, 0.1) is 5.92 Å². The fourth-order valence-corrected chi connectivity index (χ4v) is 5.23. The molecule has 2 atom stereocenters. The molecule has 0 radical (unpaired) electrons. The Hall–Kier alpha value is -2.92. The van der Waals surface area contributed by atoms with E-state index in [2.05, 4.69) is 0 Å². The number of carbonyl (C=O) groups excluding carboxylic acids is 1. The van der Waals surface area contributed by atoms with Crippen LogP contribution >= 0.6 is 11.6 Å². The van der Waals surface area contributed by atoms with E-state index in [0.29, 0.717) is 57.1 Å². The Labute approximate surface area is 208 Å². The first-order valence-corrected chi connectivity index (χ1v) is 13.0. The van der Waals surface area contributed by atoms with Gasteiger partial charge in [0.2, 0.25) is 15.9 Å². The molecular formula is C24H26ClN3O6S. The van der Waals surface area contributed by atoms with E-state index in [1.165, 1.54) is 26.3 Å². The van der Waals surface area contributed by atoms with Gasteiger partial charge in [-0.2, -0.15) is 0 Å². The van der Waals surface area contributed by atoms with E-state index in [9.17, 15) is 18.4 Å². The van der Waals surface area contributed by atoms with Crippen molar-refractivity contribution in [3.05, 3.63) is 53.4 Å². The summed E-state index contributed by atoms with van der Waals surface area (Å²) in [6.45, 7) is 0. The fraction of sp³-hybridized carbons (Fsp3) is 0.333. The molecule has 2 unspecified atom stereocenters. The summed E-state index contributed by atoms with van der Waals surface area (Å²) in [6, 6.07) is 11.2. The van der Waals surface area contributed by atoms with Crippen molar-refractivity contribution in [2.75, 3.05) is 14.2 Å². The minimum absolute atomic E-state index is 0.0287. The lowest BCUT2D eigenvalue weighted by atomic mass is 9.78. The quantitative estimate of drug-likeness (QED) is 0.363. The van der Waals surface area contributed by atoms with E-state index in [1.807, 2.05) is 0 Å². The van der Waals surface area contributed by atoms with Gasteiger partial charge in [0.15, 0.2) is 11.7 Å². The van der Waals surface area contributed by atoms with Gasteiger partial charge >= 0.3 is 0 Å². The van der Waals surface area contributed by atoms with E-state index < -0.39 is 15.9 Å². The van der Waals surface area contributed by atoms with E-state index in [4.69, 9.17) is 30.9 Å². The van der Waals surface area contributed by atoms with Crippen LogP contribution in [0.15, 0.2) is 51.8 Å². The molecule has 0 spiro atoms. The first kappa shape index (κ1) is 25.2. The summed E-state index contributed by atoms with van der Waals surface area (Å²) in [6.07, 6.45) is 3.05. The predicted octanol–water partition coefficient (Wildman–Crippen LogP) is 4.44. The third kappa shape index (κ3) is 5.20. The number of halogens is 1. The lowest BCUT2D eigenvalue weighted by Gasteiger charge is -2.29. The van der Waals surface area contributed by atoms with E-state index in [0.717, 1.165) is 12.8 Å². The molecule has 1 aliphatic rings. The fourth-order valence-electron chi connectivity index (χ4n) is 4.46. The number of hydroxylamine groups is 2. The number of amides is 1. The molecule has 1 aromatic heterocycles. The van der Waals surface area contributed by atoms with Gasteiger partial charge in [-0.1, -0.05) is 24.4 Å². The number of primary sulfonamides is 1. The Balaban J connectivity index is 1.84. The van der Waals surface area contributed by atoms with Crippen LogP contribution in [0.5, 0.6) is 5.75 Å². The van der Waals surface area contributed by atoms with Crippen LogP contribution in [0.25, 0.3) is 22.6 Å². The van der Waals surface area contributed by atoms with Crippen molar-refractivity contribution in [3.8, 4) is 28.3 Å². The highest BCUT2D eigenvalue weighted by Crippen LogP contribution is 2.43. The number of sulfonamides is 1. The number of rotatable bonds is 6.